The maximum atomic E-state index is 13.4. The molecular weight excluding hydrogens is 451 g/mol. The molecule has 4 nitrogen and oxygen atoms in total. The standard InChI is InChI=1S/C27H43FN2O.C4H8O/c1-7-20(5)18-27(8-2)15-13-24(14-16-27)31-26(29)17-25(19(3)4)30-23-11-9-22(10-12-23)21(6)28;1-4-2-5-3-4/h9-12,17,19-21,24H,7-8,13-16,18,29H2,1-6H3;4H,2-3H2,1H3/b26-17+,30-25?;. The van der Waals surface area contributed by atoms with E-state index < -0.39 is 6.17 Å². The lowest BCUT2D eigenvalue weighted by molar-refractivity contribution is -0.0221. The van der Waals surface area contributed by atoms with E-state index in [0.717, 1.165) is 49.3 Å². The number of ether oxygens (including phenoxy) is 2. The highest BCUT2D eigenvalue weighted by Crippen LogP contribution is 2.45. The Morgan fingerprint density at radius 1 is 1.14 bits per heavy atom. The van der Waals surface area contributed by atoms with Gasteiger partial charge in [0.2, 0.25) is 0 Å². The maximum absolute atomic E-state index is 13.4. The van der Waals surface area contributed by atoms with E-state index in [1.165, 1.54) is 32.1 Å². The molecule has 0 radical (unpaired) electrons. The SMILES string of the molecule is CC1COC1.CCC(C)CC1(CC)CCC(O/C(N)=C/C(=Nc2ccc(C(C)F)cc2)C(C)C)CC1. The molecule has 2 N–H and O–H groups in total. The number of alkyl halides is 1. The zero-order chi connectivity index (χ0) is 26.7. The van der Waals surface area contributed by atoms with Crippen molar-refractivity contribution in [1.82, 2.24) is 0 Å². The maximum Gasteiger partial charge on any atom is 0.186 e. The lowest BCUT2D eigenvalue weighted by Gasteiger charge is -2.41. The molecule has 1 saturated heterocycles. The van der Waals surface area contributed by atoms with E-state index in [9.17, 15) is 4.39 Å². The van der Waals surface area contributed by atoms with Crippen LogP contribution in [0, 0.1) is 23.2 Å². The van der Waals surface area contributed by atoms with Gasteiger partial charge in [0, 0.05) is 17.7 Å². The van der Waals surface area contributed by atoms with Crippen LogP contribution in [0.3, 0.4) is 0 Å². The molecule has 2 fully saturated rings. The van der Waals surface area contributed by atoms with Gasteiger partial charge in [0.1, 0.15) is 12.3 Å². The van der Waals surface area contributed by atoms with Gasteiger partial charge in [-0.3, -0.25) is 4.99 Å². The van der Waals surface area contributed by atoms with Crippen LogP contribution in [-0.2, 0) is 9.47 Å². The summed E-state index contributed by atoms with van der Waals surface area (Å²) in [4.78, 5) is 4.73. The van der Waals surface area contributed by atoms with Gasteiger partial charge in [-0.15, -0.1) is 0 Å². The summed E-state index contributed by atoms with van der Waals surface area (Å²) < 4.78 is 24.4. The Balaban J connectivity index is 0.000000809. The number of hydrogen-bond acceptors (Lipinski definition) is 4. The van der Waals surface area contributed by atoms with Crippen molar-refractivity contribution in [1.29, 1.82) is 0 Å². The van der Waals surface area contributed by atoms with E-state index in [1.54, 1.807) is 19.1 Å². The number of halogens is 1. The zero-order valence-corrected chi connectivity index (χ0v) is 23.9. The smallest absolute Gasteiger partial charge is 0.186 e. The average Bonchev–Trinajstić information content (AvgIpc) is 2.84. The molecular formula is C31H51FN2O2. The molecule has 0 aromatic heterocycles. The number of benzene rings is 1. The van der Waals surface area contributed by atoms with Crippen LogP contribution in [0.2, 0.25) is 0 Å². The first-order chi connectivity index (χ1) is 17.1. The molecule has 2 aliphatic rings. The van der Waals surface area contributed by atoms with Gasteiger partial charge in [-0.25, -0.2) is 4.39 Å². The van der Waals surface area contributed by atoms with Gasteiger partial charge in [0.25, 0.3) is 0 Å². The third-order valence-corrected chi connectivity index (χ3v) is 7.82. The van der Waals surface area contributed by atoms with Crippen molar-refractivity contribution in [3.05, 3.63) is 41.8 Å². The van der Waals surface area contributed by atoms with Gasteiger partial charge >= 0.3 is 0 Å². The highest BCUT2D eigenvalue weighted by Gasteiger charge is 2.35. The van der Waals surface area contributed by atoms with Crippen molar-refractivity contribution in [2.45, 2.75) is 106 Å². The predicted molar refractivity (Wildman–Crippen MR) is 150 cm³/mol. The van der Waals surface area contributed by atoms with Crippen molar-refractivity contribution in [2.75, 3.05) is 13.2 Å². The monoisotopic (exact) mass is 502 g/mol. The molecule has 36 heavy (non-hydrogen) atoms. The second-order valence-corrected chi connectivity index (χ2v) is 11.5. The molecule has 2 unspecified atom stereocenters. The normalized spacial score (nSPS) is 25.0. The summed E-state index contributed by atoms with van der Waals surface area (Å²) in [5.74, 6) is 2.28. The summed E-state index contributed by atoms with van der Waals surface area (Å²) in [5.41, 5.74) is 9.08. The topological polar surface area (TPSA) is 56.8 Å². The van der Waals surface area contributed by atoms with Gasteiger partial charge in [-0.05, 0) is 74.0 Å². The van der Waals surface area contributed by atoms with Crippen molar-refractivity contribution in [3.8, 4) is 0 Å². The number of allylic oxidation sites excluding steroid dienone is 1. The molecule has 204 valence electrons. The Morgan fingerprint density at radius 2 is 1.72 bits per heavy atom. The van der Waals surface area contributed by atoms with E-state index in [-0.39, 0.29) is 12.0 Å². The first kappa shape index (κ1) is 30.3. The molecule has 1 aromatic carbocycles. The van der Waals surface area contributed by atoms with Crippen LogP contribution in [0.4, 0.5) is 10.1 Å². The van der Waals surface area contributed by atoms with E-state index in [0.29, 0.717) is 16.9 Å². The molecule has 0 bridgehead atoms. The quantitative estimate of drug-likeness (QED) is 0.257. The summed E-state index contributed by atoms with van der Waals surface area (Å²) in [6.45, 7) is 16.9. The molecule has 5 heteroatoms. The van der Waals surface area contributed by atoms with E-state index in [1.807, 2.05) is 18.2 Å². The summed E-state index contributed by atoms with van der Waals surface area (Å²) in [7, 11) is 0. The van der Waals surface area contributed by atoms with Crippen molar-refractivity contribution < 1.29 is 13.9 Å². The third-order valence-electron chi connectivity index (χ3n) is 7.82. The van der Waals surface area contributed by atoms with Crippen LogP contribution in [-0.4, -0.2) is 25.0 Å². The molecule has 1 saturated carbocycles. The highest BCUT2D eigenvalue weighted by molar-refractivity contribution is 5.98. The number of nitrogens with two attached hydrogens (primary N) is 1. The van der Waals surface area contributed by atoms with Crippen molar-refractivity contribution in [2.24, 2.45) is 33.9 Å². The Morgan fingerprint density at radius 3 is 2.14 bits per heavy atom. The van der Waals surface area contributed by atoms with Gasteiger partial charge in [0.05, 0.1) is 18.9 Å². The molecule has 1 aromatic rings. The Hall–Kier alpha value is -1.88. The van der Waals surface area contributed by atoms with Crippen LogP contribution in [0.25, 0.3) is 0 Å². The second-order valence-electron chi connectivity index (χ2n) is 11.5. The summed E-state index contributed by atoms with van der Waals surface area (Å²) in [6.07, 6.45) is 9.46. The van der Waals surface area contributed by atoms with Crippen LogP contribution in [0.5, 0.6) is 0 Å². The van der Waals surface area contributed by atoms with Gasteiger partial charge < -0.3 is 15.2 Å². The van der Waals surface area contributed by atoms with E-state index in [2.05, 4.69) is 41.5 Å². The van der Waals surface area contributed by atoms with E-state index >= 15 is 0 Å². The second kappa shape index (κ2) is 14.8. The Kier molecular flexibility index (Phi) is 12.4. The molecule has 1 aliphatic carbocycles. The van der Waals surface area contributed by atoms with Gasteiger partial charge in [-0.2, -0.15) is 0 Å². The minimum Gasteiger partial charge on any atom is -0.476 e. The fourth-order valence-corrected chi connectivity index (χ4v) is 4.92. The lowest BCUT2D eigenvalue weighted by Crippen LogP contribution is -2.32. The first-order valence-electron chi connectivity index (χ1n) is 14.1. The highest BCUT2D eigenvalue weighted by atomic mass is 19.1. The summed E-state index contributed by atoms with van der Waals surface area (Å²) in [5, 5.41) is 0. The summed E-state index contributed by atoms with van der Waals surface area (Å²) in [6, 6.07) is 7.27. The number of nitrogens with zero attached hydrogens (tertiary/aromatic N) is 1. The number of aliphatic imine (C=N–C) groups is 1. The number of rotatable bonds is 10. The molecule has 0 spiro atoms. The third kappa shape index (κ3) is 9.88. The van der Waals surface area contributed by atoms with Gasteiger partial charge in [-0.1, -0.05) is 66.5 Å². The molecule has 1 aliphatic heterocycles. The average molecular weight is 503 g/mol. The number of hydrogen-bond donors (Lipinski definition) is 1. The fourth-order valence-electron chi connectivity index (χ4n) is 4.92. The largest absolute Gasteiger partial charge is 0.476 e. The van der Waals surface area contributed by atoms with Crippen LogP contribution < -0.4 is 5.73 Å². The lowest BCUT2D eigenvalue weighted by atomic mass is 9.67. The Bertz CT molecular complexity index is 819. The van der Waals surface area contributed by atoms with Crippen LogP contribution in [0.1, 0.15) is 105 Å². The zero-order valence-electron chi connectivity index (χ0n) is 23.9. The fraction of sp³-hybridized carbons (Fsp3) is 0.710. The van der Waals surface area contributed by atoms with Gasteiger partial charge in [0.15, 0.2) is 5.88 Å². The molecule has 2 atom stereocenters. The summed E-state index contributed by atoms with van der Waals surface area (Å²) >= 11 is 0. The molecule has 0 amide bonds. The van der Waals surface area contributed by atoms with Crippen molar-refractivity contribution >= 4 is 11.4 Å². The van der Waals surface area contributed by atoms with Crippen molar-refractivity contribution in [3.63, 3.8) is 0 Å². The predicted octanol–water partition coefficient (Wildman–Crippen LogP) is 8.69. The first-order valence-corrected chi connectivity index (χ1v) is 14.1. The molecule has 1 heterocycles. The van der Waals surface area contributed by atoms with Crippen LogP contribution in [0.15, 0.2) is 41.2 Å². The van der Waals surface area contributed by atoms with E-state index in [4.69, 9.17) is 20.2 Å². The minimum absolute atomic E-state index is 0.187. The molecule has 3 rings (SSSR count). The minimum atomic E-state index is -0.973. The van der Waals surface area contributed by atoms with Crippen LogP contribution >= 0.6 is 0 Å². The Labute approximate surface area is 219 Å².